The third kappa shape index (κ3) is 6.20. The molecule has 29 heavy (non-hydrogen) atoms. The Morgan fingerprint density at radius 1 is 1.38 bits per heavy atom. The predicted molar refractivity (Wildman–Crippen MR) is 111 cm³/mol. The highest BCUT2D eigenvalue weighted by atomic mass is 35.5. The van der Waals surface area contributed by atoms with Gasteiger partial charge < -0.3 is 29.7 Å². The molecular formula is C20H29Cl2NO6. The van der Waals surface area contributed by atoms with Crippen LogP contribution in [0.4, 0.5) is 4.79 Å². The minimum atomic E-state index is -1.01. The van der Waals surface area contributed by atoms with Gasteiger partial charge in [0.1, 0.15) is 11.7 Å². The molecule has 2 rings (SSSR count). The largest absolute Gasteiger partial charge is 0.465 e. The number of ether oxygens (including phenoxy) is 2. The number of aliphatic hydroxyl groups excluding tert-OH is 2. The third-order valence-electron chi connectivity index (χ3n) is 5.08. The minimum Gasteiger partial charge on any atom is -0.465 e. The first-order chi connectivity index (χ1) is 13.5. The van der Waals surface area contributed by atoms with Crippen molar-refractivity contribution in [1.29, 1.82) is 0 Å². The maximum atomic E-state index is 11.7. The van der Waals surface area contributed by atoms with Gasteiger partial charge in [0, 0.05) is 13.0 Å². The zero-order chi connectivity index (χ0) is 21.8. The summed E-state index contributed by atoms with van der Waals surface area (Å²) < 4.78 is 12.3. The van der Waals surface area contributed by atoms with Crippen molar-refractivity contribution in [1.82, 2.24) is 4.90 Å². The number of amides is 1. The fourth-order valence-corrected chi connectivity index (χ4v) is 3.49. The molecule has 3 N–H and O–H groups in total. The van der Waals surface area contributed by atoms with Crippen LogP contribution in [0.2, 0.25) is 10.0 Å². The van der Waals surface area contributed by atoms with Crippen molar-refractivity contribution in [2.75, 3.05) is 32.9 Å². The van der Waals surface area contributed by atoms with Gasteiger partial charge in [-0.25, -0.2) is 4.79 Å². The number of hydrogen-bond acceptors (Lipinski definition) is 5. The van der Waals surface area contributed by atoms with Crippen molar-refractivity contribution >= 4 is 29.3 Å². The Labute approximate surface area is 181 Å². The first kappa shape index (κ1) is 24.2. The van der Waals surface area contributed by atoms with E-state index in [4.69, 9.17) is 37.8 Å². The quantitative estimate of drug-likeness (QED) is 0.615. The van der Waals surface area contributed by atoms with Gasteiger partial charge in [-0.15, -0.1) is 0 Å². The molecule has 1 heterocycles. The van der Waals surface area contributed by atoms with Crippen molar-refractivity contribution in [3.63, 3.8) is 0 Å². The molecule has 0 radical (unpaired) electrons. The highest BCUT2D eigenvalue weighted by molar-refractivity contribution is 6.42. The molecule has 0 saturated carbocycles. The molecule has 0 bridgehead atoms. The van der Waals surface area contributed by atoms with Crippen LogP contribution in [0.3, 0.4) is 0 Å². The van der Waals surface area contributed by atoms with Crippen LogP contribution in [0.1, 0.15) is 32.8 Å². The molecule has 1 aliphatic heterocycles. The van der Waals surface area contributed by atoms with E-state index in [0.29, 0.717) is 22.0 Å². The topological polar surface area (TPSA) is 99.5 Å². The van der Waals surface area contributed by atoms with Gasteiger partial charge in [0.25, 0.3) is 0 Å². The summed E-state index contributed by atoms with van der Waals surface area (Å²) in [6, 6.07) is 5.15. The van der Waals surface area contributed by atoms with Crippen LogP contribution in [-0.2, 0) is 15.1 Å². The highest BCUT2D eigenvalue weighted by Gasteiger charge is 2.44. The van der Waals surface area contributed by atoms with E-state index >= 15 is 0 Å². The predicted octanol–water partition coefficient (Wildman–Crippen LogP) is 3.37. The second-order valence-corrected chi connectivity index (χ2v) is 9.24. The number of carbonyl (C=O) groups is 1. The normalized spacial score (nSPS) is 24.2. The first-order valence-corrected chi connectivity index (χ1v) is 10.2. The molecule has 1 fully saturated rings. The standard InChI is InChI=1S/C20H29Cl2NO6/c1-19(2,3)17-9-23(18(26)27)7-6-20(29-17,12-28-11-14(25)10-24)13-4-5-15(21)16(22)8-13/h4-5,8,14,17,24-25H,6-7,9-12H2,1-3H3,(H,26,27)/t14?,17?,20-/m1/s1. The smallest absolute Gasteiger partial charge is 0.407 e. The molecule has 1 aliphatic rings. The second kappa shape index (κ2) is 9.81. The lowest BCUT2D eigenvalue weighted by Gasteiger charge is -2.40. The fourth-order valence-electron chi connectivity index (χ4n) is 3.19. The Morgan fingerprint density at radius 2 is 2.07 bits per heavy atom. The van der Waals surface area contributed by atoms with Crippen LogP contribution in [0, 0.1) is 5.41 Å². The Morgan fingerprint density at radius 3 is 2.62 bits per heavy atom. The molecule has 3 atom stereocenters. The Hall–Kier alpha value is -1.09. The van der Waals surface area contributed by atoms with Gasteiger partial charge in [0.2, 0.25) is 0 Å². The van der Waals surface area contributed by atoms with E-state index in [1.165, 1.54) is 4.90 Å². The Balaban J connectivity index is 2.45. The summed E-state index contributed by atoms with van der Waals surface area (Å²) in [5.41, 5.74) is -0.623. The third-order valence-corrected chi connectivity index (χ3v) is 5.82. The van der Waals surface area contributed by atoms with E-state index in [2.05, 4.69) is 0 Å². The van der Waals surface area contributed by atoms with Crippen LogP contribution >= 0.6 is 23.2 Å². The van der Waals surface area contributed by atoms with E-state index in [9.17, 15) is 15.0 Å². The van der Waals surface area contributed by atoms with E-state index in [1.807, 2.05) is 20.8 Å². The lowest BCUT2D eigenvalue weighted by Crippen LogP contribution is -2.45. The van der Waals surface area contributed by atoms with Crippen molar-refractivity contribution in [3.05, 3.63) is 33.8 Å². The van der Waals surface area contributed by atoms with Crippen LogP contribution in [0.15, 0.2) is 18.2 Å². The molecule has 7 nitrogen and oxygen atoms in total. The molecule has 164 valence electrons. The van der Waals surface area contributed by atoms with Crippen LogP contribution in [0.5, 0.6) is 0 Å². The molecule has 2 unspecified atom stereocenters. The Bertz CT molecular complexity index is 711. The maximum Gasteiger partial charge on any atom is 0.407 e. The van der Waals surface area contributed by atoms with Gasteiger partial charge in [-0.3, -0.25) is 0 Å². The van der Waals surface area contributed by atoms with E-state index in [-0.39, 0.29) is 31.7 Å². The molecule has 1 saturated heterocycles. The zero-order valence-electron chi connectivity index (χ0n) is 16.9. The van der Waals surface area contributed by atoms with E-state index < -0.39 is 30.5 Å². The average Bonchev–Trinajstić information content (AvgIpc) is 2.85. The fraction of sp³-hybridized carbons (Fsp3) is 0.650. The summed E-state index contributed by atoms with van der Waals surface area (Å²) in [6.07, 6.45) is -2.11. The van der Waals surface area contributed by atoms with Gasteiger partial charge in [-0.05, 0) is 23.1 Å². The molecule has 1 aromatic rings. The minimum absolute atomic E-state index is 0.0576. The molecule has 1 aromatic carbocycles. The maximum absolute atomic E-state index is 11.7. The monoisotopic (exact) mass is 449 g/mol. The summed E-state index contributed by atoms with van der Waals surface area (Å²) in [7, 11) is 0. The number of hydrogen-bond donors (Lipinski definition) is 3. The molecule has 0 aromatic heterocycles. The second-order valence-electron chi connectivity index (χ2n) is 8.43. The number of aliphatic hydroxyl groups is 2. The Kier molecular flexibility index (Phi) is 8.18. The SMILES string of the molecule is CC(C)(C)C1CN(C(=O)O)CC[C@@](COCC(O)CO)(c2ccc(Cl)c(Cl)c2)O1. The van der Waals surface area contributed by atoms with Crippen LogP contribution in [-0.4, -0.2) is 71.4 Å². The van der Waals surface area contributed by atoms with Crippen molar-refractivity contribution in [2.45, 2.75) is 45.0 Å². The number of nitrogens with zero attached hydrogens (tertiary/aromatic N) is 1. The van der Waals surface area contributed by atoms with E-state index in [0.717, 1.165) is 0 Å². The van der Waals surface area contributed by atoms with Crippen molar-refractivity contribution < 1.29 is 29.6 Å². The summed E-state index contributed by atoms with van der Waals surface area (Å²) >= 11 is 12.3. The summed E-state index contributed by atoms with van der Waals surface area (Å²) in [6.45, 7) is 5.98. The number of benzene rings is 1. The number of rotatable bonds is 6. The van der Waals surface area contributed by atoms with E-state index in [1.54, 1.807) is 18.2 Å². The zero-order valence-corrected chi connectivity index (χ0v) is 18.4. The van der Waals surface area contributed by atoms with Gasteiger partial charge >= 0.3 is 6.09 Å². The van der Waals surface area contributed by atoms with Gasteiger partial charge in [0.15, 0.2) is 0 Å². The van der Waals surface area contributed by atoms with Gasteiger partial charge in [-0.1, -0.05) is 50.0 Å². The molecule has 0 spiro atoms. The molecule has 9 heteroatoms. The summed E-state index contributed by atoms with van der Waals surface area (Å²) in [5.74, 6) is 0. The molecular weight excluding hydrogens is 421 g/mol. The summed E-state index contributed by atoms with van der Waals surface area (Å²) in [5, 5.41) is 29.0. The summed E-state index contributed by atoms with van der Waals surface area (Å²) in [4.78, 5) is 13.1. The van der Waals surface area contributed by atoms with Crippen LogP contribution < -0.4 is 0 Å². The van der Waals surface area contributed by atoms with Gasteiger partial charge in [0.05, 0.1) is 42.5 Å². The van der Waals surface area contributed by atoms with Crippen molar-refractivity contribution in [3.8, 4) is 0 Å². The van der Waals surface area contributed by atoms with Crippen molar-refractivity contribution in [2.24, 2.45) is 5.41 Å². The first-order valence-electron chi connectivity index (χ1n) is 9.46. The number of carboxylic acid groups (broad SMARTS) is 1. The molecule has 0 aliphatic carbocycles. The van der Waals surface area contributed by atoms with Crippen LogP contribution in [0.25, 0.3) is 0 Å². The molecule has 1 amide bonds. The number of halogens is 2. The average molecular weight is 450 g/mol. The van der Waals surface area contributed by atoms with Gasteiger partial charge in [-0.2, -0.15) is 0 Å². The highest BCUT2D eigenvalue weighted by Crippen LogP contribution is 2.40. The lowest BCUT2D eigenvalue weighted by molar-refractivity contribution is -0.165. The lowest BCUT2D eigenvalue weighted by atomic mass is 9.86.